The highest BCUT2D eigenvalue weighted by Gasteiger charge is 2.32. The molecule has 10 heteroatoms. The average molecular weight is 486 g/mol. The van der Waals surface area contributed by atoms with Gasteiger partial charge in [-0.25, -0.2) is 9.67 Å². The number of H-pyrrole nitrogens is 1. The second-order valence-corrected chi connectivity index (χ2v) is 8.76. The molecule has 1 fully saturated rings. The zero-order valence-corrected chi connectivity index (χ0v) is 19.6. The van der Waals surface area contributed by atoms with Gasteiger partial charge in [-0.15, -0.1) is 5.10 Å². The van der Waals surface area contributed by atoms with Crippen molar-refractivity contribution in [2.75, 3.05) is 11.9 Å². The van der Waals surface area contributed by atoms with Crippen LogP contribution in [0.4, 0.5) is 5.82 Å². The standard InChI is InChI=1S/C26H27N7O3/c34-22(15-18-9-3-1-4-10-18)25(35)28-23-16-20(29-30-23)21-13-7-8-14-32(21)26(36)24-27-17-33(31-24)19-11-5-2-6-12-19/h1-6,9-12,16-17,21-22,34H,7-8,13-15H2,(H2,28,29,30,35). The maximum absolute atomic E-state index is 13.3. The van der Waals surface area contributed by atoms with Crippen LogP contribution in [0.2, 0.25) is 0 Å². The third-order valence-corrected chi connectivity index (χ3v) is 6.25. The molecule has 3 N–H and O–H groups in total. The first-order valence-electron chi connectivity index (χ1n) is 11.9. The van der Waals surface area contributed by atoms with Crippen LogP contribution in [0, 0.1) is 0 Å². The first kappa shape index (κ1) is 23.4. The smallest absolute Gasteiger partial charge is 0.294 e. The third kappa shape index (κ3) is 5.18. The van der Waals surface area contributed by atoms with E-state index in [1.807, 2.05) is 60.7 Å². The molecule has 184 valence electrons. The number of aliphatic hydroxyl groups is 1. The highest BCUT2D eigenvalue weighted by molar-refractivity contribution is 5.93. The number of carbonyl (C=O) groups excluding carboxylic acids is 2. The summed E-state index contributed by atoms with van der Waals surface area (Å²) < 4.78 is 1.58. The van der Waals surface area contributed by atoms with Gasteiger partial charge in [-0.1, -0.05) is 48.5 Å². The minimum absolute atomic E-state index is 0.128. The highest BCUT2D eigenvalue weighted by atomic mass is 16.3. The van der Waals surface area contributed by atoms with Crippen LogP contribution in [-0.2, 0) is 11.2 Å². The number of carbonyl (C=O) groups is 2. The molecule has 1 aliphatic heterocycles. The lowest BCUT2D eigenvalue weighted by molar-refractivity contribution is -0.123. The van der Waals surface area contributed by atoms with E-state index in [0.717, 1.165) is 30.5 Å². The van der Waals surface area contributed by atoms with Crippen molar-refractivity contribution in [3.8, 4) is 5.69 Å². The lowest BCUT2D eigenvalue weighted by Crippen LogP contribution is -2.39. The van der Waals surface area contributed by atoms with Gasteiger partial charge in [0.15, 0.2) is 5.82 Å². The van der Waals surface area contributed by atoms with Crippen molar-refractivity contribution in [1.29, 1.82) is 0 Å². The van der Waals surface area contributed by atoms with Crippen molar-refractivity contribution in [3.05, 3.63) is 90.1 Å². The molecule has 36 heavy (non-hydrogen) atoms. The van der Waals surface area contributed by atoms with E-state index in [4.69, 9.17) is 0 Å². The monoisotopic (exact) mass is 485 g/mol. The van der Waals surface area contributed by atoms with Gasteiger partial charge in [0.05, 0.1) is 17.4 Å². The van der Waals surface area contributed by atoms with E-state index >= 15 is 0 Å². The molecule has 0 aliphatic carbocycles. The number of nitrogens with one attached hydrogen (secondary N) is 2. The molecule has 2 atom stereocenters. The summed E-state index contributed by atoms with van der Waals surface area (Å²) in [6.45, 7) is 0.569. The van der Waals surface area contributed by atoms with Crippen LogP contribution in [-0.4, -0.2) is 59.4 Å². The normalized spacial score (nSPS) is 16.5. The Kier molecular flexibility index (Phi) is 6.85. The van der Waals surface area contributed by atoms with Gasteiger partial charge in [0.1, 0.15) is 12.4 Å². The van der Waals surface area contributed by atoms with Crippen molar-refractivity contribution in [3.63, 3.8) is 0 Å². The number of nitrogens with zero attached hydrogens (tertiary/aromatic N) is 5. The molecule has 10 nitrogen and oxygen atoms in total. The number of rotatable bonds is 7. The topological polar surface area (TPSA) is 129 Å². The van der Waals surface area contributed by atoms with E-state index in [0.29, 0.717) is 18.1 Å². The molecule has 5 rings (SSSR count). The molecule has 3 heterocycles. The number of aromatic nitrogens is 5. The fraction of sp³-hybridized carbons (Fsp3) is 0.269. The van der Waals surface area contributed by atoms with Crippen molar-refractivity contribution in [2.45, 2.75) is 37.8 Å². The Hall–Kier alpha value is -4.31. The first-order chi connectivity index (χ1) is 17.6. The fourth-order valence-corrected chi connectivity index (χ4v) is 4.40. The zero-order valence-electron chi connectivity index (χ0n) is 19.6. The Morgan fingerprint density at radius 1 is 1.08 bits per heavy atom. The van der Waals surface area contributed by atoms with Gasteiger partial charge in [0.2, 0.25) is 5.82 Å². The number of likely N-dealkylation sites (tertiary alicyclic amines) is 1. The van der Waals surface area contributed by atoms with E-state index in [-0.39, 0.29) is 24.2 Å². The Bertz CT molecular complexity index is 1320. The maximum atomic E-state index is 13.3. The molecule has 2 aromatic carbocycles. The summed E-state index contributed by atoms with van der Waals surface area (Å²) in [5.74, 6) is -0.369. The van der Waals surface area contributed by atoms with E-state index in [1.54, 1.807) is 15.6 Å². The highest BCUT2D eigenvalue weighted by Crippen LogP contribution is 2.31. The first-order valence-corrected chi connectivity index (χ1v) is 11.9. The summed E-state index contributed by atoms with van der Waals surface area (Å²) >= 11 is 0. The van der Waals surface area contributed by atoms with Crippen LogP contribution in [0.25, 0.3) is 5.69 Å². The van der Waals surface area contributed by atoms with E-state index in [1.165, 1.54) is 6.33 Å². The summed E-state index contributed by atoms with van der Waals surface area (Å²) in [5, 5.41) is 24.5. The van der Waals surface area contributed by atoms with Crippen LogP contribution in [0.3, 0.4) is 0 Å². The molecule has 0 radical (unpaired) electrons. The van der Waals surface area contributed by atoms with Gasteiger partial charge >= 0.3 is 0 Å². The quantitative estimate of drug-likeness (QED) is 0.369. The van der Waals surface area contributed by atoms with Gasteiger partial charge < -0.3 is 15.3 Å². The molecule has 2 amide bonds. The van der Waals surface area contributed by atoms with Crippen molar-refractivity contribution in [1.82, 2.24) is 29.9 Å². The molecule has 0 spiro atoms. The van der Waals surface area contributed by atoms with Gasteiger partial charge in [-0.3, -0.25) is 14.7 Å². The van der Waals surface area contributed by atoms with Crippen molar-refractivity contribution in [2.24, 2.45) is 0 Å². The molecule has 1 saturated heterocycles. The molecule has 0 bridgehead atoms. The molecule has 4 aromatic rings. The molecule has 1 aliphatic rings. The lowest BCUT2D eigenvalue weighted by atomic mass is 9.99. The number of aromatic amines is 1. The summed E-state index contributed by atoms with van der Waals surface area (Å²) in [6, 6.07) is 20.3. The molecular weight excluding hydrogens is 458 g/mol. The zero-order chi connectivity index (χ0) is 24.9. The molecule has 2 aromatic heterocycles. The van der Waals surface area contributed by atoms with Crippen LogP contribution in [0.5, 0.6) is 0 Å². The number of amides is 2. The Balaban J connectivity index is 1.26. The van der Waals surface area contributed by atoms with E-state index < -0.39 is 12.0 Å². The Morgan fingerprint density at radius 2 is 1.83 bits per heavy atom. The summed E-state index contributed by atoms with van der Waals surface area (Å²) in [7, 11) is 0. The SMILES string of the molecule is O=C(Nc1cc(C2CCCCN2C(=O)c2ncn(-c3ccccc3)n2)[nH]n1)C(O)Cc1ccccc1. The molecule has 2 unspecified atom stereocenters. The van der Waals surface area contributed by atoms with Gasteiger partial charge in [-0.05, 0) is 37.0 Å². The predicted molar refractivity (Wildman–Crippen MR) is 132 cm³/mol. The number of hydrogen-bond donors (Lipinski definition) is 3. The number of aliphatic hydroxyl groups excluding tert-OH is 1. The van der Waals surface area contributed by atoms with E-state index in [2.05, 4.69) is 25.6 Å². The fourth-order valence-electron chi connectivity index (χ4n) is 4.40. The van der Waals surface area contributed by atoms with E-state index in [9.17, 15) is 14.7 Å². The third-order valence-electron chi connectivity index (χ3n) is 6.25. The van der Waals surface area contributed by atoms with Crippen LogP contribution in [0.15, 0.2) is 73.1 Å². The van der Waals surface area contributed by atoms with Gasteiger partial charge in [0, 0.05) is 19.0 Å². The minimum atomic E-state index is -1.20. The van der Waals surface area contributed by atoms with Crippen LogP contribution < -0.4 is 5.32 Å². The minimum Gasteiger partial charge on any atom is -0.383 e. The summed E-state index contributed by atoms with van der Waals surface area (Å²) in [5.41, 5.74) is 2.39. The number of hydrogen-bond acceptors (Lipinski definition) is 6. The lowest BCUT2D eigenvalue weighted by Gasteiger charge is -2.34. The number of para-hydroxylation sites is 1. The Morgan fingerprint density at radius 3 is 2.61 bits per heavy atom. The van der Waals surface area contributed by atoms with Crippen molar-refractivity contribution >= 4 is 17.6 Å². The maximum Gasteiger partial charge on any atom is 0.294 e. The molecule has 0 saturated carbocycles. The van der Waals surface area contributed by atoms with Crippen molar-refractivity contribution < 1.29 is 14.7 Å². The number of piperidine rings is 1. The number of anilines is 1. The summed E-state index contributed by atoms with van der Waals surface area (Å²) in [4.78, 5) is 31.8. The molecular formula is C26H27N7O3. The second kappa shape index (κ2) is 10.5. The number of benzene rings is 2. The largest absolute Gasteiger partial charge is 0.383 e. The summed E-state index contributed by atoms with van der Waals surface area (Å²) in [6.07, 6.45) is 3.12. The predicted octanol–water partition coefficient (Wildman–Crippen LogP) is 2.90. The van der Waals surface area contributed by atoms with Gasteiger partial charge in [0.25, 0.3) is 11.8 Å². The second-order valence-electron chi connectivity index (χ2n) is 8.76. The van der Waals surface area contributed by atoms with Crippen LogP contribution in [0.1, 0.15) is 47.2 Å². The van der Waals surface area contributed by atoms with Gasteiger partial charge in [-0.2, -0.15) is 5.10 Å². The average Bonchev–Trinajstić information content (AvgIpc) is 3.60. The Labute approximate surface area is 208 Å². The van der Waals surface area contributed by atoms with Crippen LogP contribution >= 0.6 is 0 Å².